The van der Waals surface area contributed by atoms with Crippen LogP contribution in [-0.2, 0) is 0 Å². The standard InChI is InChI=1S/C9H9Br2NOS/c1-5(14)12-9-7(11)3-6(10)4-8(9)13-2/h3-4H,1-2H3,(H,12,14). The summed E-state index contributed by atoms with van der Waals surface area (Å²) in [6, 6.07) is 3.81. The summed E-state index contributed by atoms with van der Waals surface area (Å²) in [5, 5.41) is 3.06. The van der Waals surface area contributed by atoms with Crippen molar-refractivity contribution in [3.8, 4) is 5.75 Å². The number of halogens is 2. The Bertz CT molecular complexity index is 368. The Hall–Kier alpha value is -0.130. The van der Waals surface area contributed by atoms with E-state index in [1.807, 2.05) is 19.1 Å². The molecule has 1 aromatic carbocycles. The second kappa shape index (κ2) is 5.09. The lowest BCUT2D eigenvalue weighted by molar-refractivity contribution is 0.416. The van der Waals surface area contributed by atoms with Crippen LogP contribution in [0.1, 0.15) is 6.92 Å². The van der Waals surface area contributed by atoms with Gasteiger partial charge < -0.3 is 10.1 Å². The summed E-state index contributed by atoms with van der Waals surface area (Å²) in [7, 11) is 1.62. The van der Waals surface area contributed by atoms with E-state index >= 15 is 0 Å². The predicted molar refractivity (Wildman–Crippen MR) is 70.3 cm³/mol. The van der Waals surface area contributed by atoms with Gasteiger partial charge in [0.05, 0.1) is 17.8 Å². The highest BCUT2D eigenvalue weighted by Gasteiger charge is 2.09. The first-order valence-electron chi connectivity index (χ1n) is 3.85. The highest BCUT2D eigenvalue weighted by atomic mass is 79.9. The van der Waals surface area contributed by atoms with Gasteiger partial charge in [-0.1, -0.05) is 28.1 Å². The number of hydrogen-bond donors (Lipinski definition) is 1. The van der Waals surface area contributed by atoms with Crippen molar-refractivity contribution in [2.45, 2.75) is 6.92 Å². The molecule has 0 saturated carbocycles. The van der Waals surface area contributed by atoms with Crippen LogP contribution in [0.5, 0.6) is 5.75 Å². The fraction of sp³-hybridized carbons (Fsp3) is 0.222. The van der Waals surface area contributed by atoms with Crippen LogP contribution in [-0.4, -0.2) is 12.1 Å². The third kappa shape index (κ3) is 2.93. The maximum absolute atomic E-state index is 5.23. The molecule has 0 spiro atoms. The van der Waals surface area contributed by atoms with Crippen LogP contribution in [0.3, 0.4) is 0 Å². The largest absolute Gasteiger partial charge is 0.494 e. The van der Waals surface area contributed by atoms with Crippen molar-refractivity contribution < 1.29 is 4.74 Å². The molecule has 0 amide bonds. The minimum absolute atomic E-state index is 0.700. The van der Waals surface area contributed by atoms with Crippen LogP contribution in [0.15, 0.2) is 21.1 Å². The average molecular weight is 339 g/mol. The minimum atomic E-state index is 0.700. The van der Waals surface area contributed by atoms with Gasteiger partial charge in [-0.25, -0.2) is 0 Å². The monoisotopic (exact) mass is 337 g/mol. The molecule has 5 heteroatoms. The van der Waals surface area contributed by atoms with Gasteiger partial charge in [0.15, 0.2) is 0 Å². The lowest BCUT2D eigenvalue weighted by Gasteiger charge is -2.12. The third-order valence-corrected chi connectivity index (χ3v) is 2.73. The number of methoxy groups -OCH3 is 1. The molecular formula is C9H9Br2NOS. The van der Waals surface area contributed by atoms with E-state index in [1.54, 1.807) is 7.11 Å². The smallest absolute Gasteiger partial charge is 0.144 e. The number of rotatable bonds is 2. The maximum atomic E-state index is 5.23. The van der Waals surface area contributed by atoms with Crippen molar-refractivity contribution in [3.05, 3.63) is 21.1 Å². The highest BCUT2D eigenvalue weighted by molar-refractivity contribution is 9.11. The molecule has 0 aromatic heterocycles. The lowest BCUT2D eigenvalue weighted by Crippen LogP contribution is -2.05. The van der Waals surface area contributed by atoms with Gasteiger partial charge in [-0.05, 0) is 35.0 Å². The molecule has 1 aromatic rings. The minimum Gasteiger partial charge on any atom is -0.494 e. The summed E-state index contributed by atoms with van der Waals surface area (Å²) < 4.78 is 7.09. The Kier molecular flexibility index (Phi) is 4.34. The molecule has 14 heavy (non-hydrogen) atoms. The maximum Gasteiger partial charge on any atom is 0.144 e. The summed E-state index contributed by atoms with van der Waals surface area (Å²) in [6.45, 7) is 1.82. The van der Waals surface area contributed by atoms with Gasteiger partial charge in [0.25, 0.3) is 0 Å². The zero-order chi connectivity index (χ0) is 10.7. The van der Waals surface area contributed by atoms with Gasteiger partial charge in [0.1, 0.15) is 5.75 Å². The van der Waals surface area contributed by atoms with Crippen LogP contribution >= 0.6 is 44.1 Å². The highest BCUT2D eigenvalue weighted by Crippen LogP contribution is 2.35. The van der Waals surface area contributed by atoms with Crippen molar-refractivity contribution in [2.75, 3.05) is 12.4 Å². The lowest BCUT2D eigenvalue weighted by atomic mass is 10.3. The molecule has 0 aliphatic rings. The molecule has 0 bridgehead atoms. The topological polar surface area (TPSA) is 21.3 Å². The Balaban J connectivity index is 3.18. The third-order valence-electron chi connectivity index (χ3n) is 1.54. The molecule has 0 fully saturated rings. The molecule has 0 heterocycles. The fourth-order valence-corrected chi connectivity index (χ4v) is 2.40. The zero-order valence-electron chi connectivity index (χ0n) is 7.73. The first-order chi connectivity index (χ1) is 6.54. The van der Waals surface area contributed by atoms with Crippen molar-refractivity contribution in [1.82, 2.24) is 0 Å². The summed E-state index contributed by atoms with van der Waals surface area (Å²) in [5.74, 6) is 0.746. The zero-order valence-corrected chi connectivity index (χ0v) is 11.7. The van der Waals surface area contributed by atoms with Crippen molar-refractivity contribution in [3.63, 3.8) is 0 Å². The van der Waals surface area contributed by atoms with Gasteiger partial charge in [-0.2, -0.15) is 0 Å². The first kappa shape index (κ1) is 11.9. The summed E-state index contributed by atoms with van der Waals surface area (Å²) >= 11 is 11.8. The van der Waals surface area contributed by atoms with E-state index in [4.69, 9.17) is 17.0 Å². The molecule has 76 valence electrons. The van der Waals surface area contributed by atoms with E-state index in [9.17, 15) is 0 Å². The van der Waals surface area contributed by atoms with Crippen molar-refractivity contribution >= 4 is 54.8 Å². The van der Waals surface area contributed by atoms with Gasteiger partial charge in [0.2, 0.25) is 0 Å². The van der Waals surface area contributed by atoms with Gasteiger partial charge in [-0.15, -0.1) is 0 Å². The molecule has 0 atom stereocenters. The molecule has 2 nitrogen and oxygen atoms in total. The number of hydrogen-bond acceptors (Lipinski definition) is 2. The Morgan fingerprint density at radius 2 is 2.07 bits per heavy atom. The number of benzene rings is 1. The molecule has 0 unspecified atom stereocenters. The van der Waals surface area contributed by atoms with E-state index in [2.05, 4.69) is 37.2 Å². The quantitative estimate of drug-likeness (QED) is 0.824. The summed E-state index contributed by atoms with van der Waals surface area (Å²) in [5.41, 5.74) is 0.850. The van der Waals surface area contributed by atoms with Crippen molar-refractivity contribution in [2.24, 2.45) is 0 Å². The van der Waals surface area contributed by atoms with Crippen LogP contribution < -0.4 is 10.1 Å². The normalized spacial score (nSPS) is 9.71. The predicted octanol–water partition coefficient (Wildman–Crippen LogP) is 3.98. The second-order valence-corrected chi connectivity index (χ2v) is 5.03. The number of thiocarbonyl (C=S) groups is 1. The van der Waals surface area contributed by atoms with E-state index < -0.39 is 0 Å². The molecule has 0 aliphatic heterocycles. The molecule has 1 N–H and O–H groups in total. The van der Waals surface area contributed by atoms with Gasteiger partial charge in [-0.3, -0.25) is 0 Å². The van der Waals surface area contributed by atoms with E-state index in [0.717, 1.165) is 20.4 Å². The second-order valence-electron chi connectivity index (χ2n) is 2.65. The van der Waals surface area contributed by atoms with E-state index in [1.165, 1.54) is 0 Å². The van der Waals surface area contributed by atoms with Gasteiger partial charge in [0, 0.05) is 8.95 Å². The average Bonchev–Trinajstić information content (AvgIpc) is 2.08. The fourth-order valence-electron chi connectivity index (χ4n) is 1.01. The number of anilines is 1. The summed E-state index contributed by atoms with van der Waals surface area (Å²) in [4.78, 5) is 0.700. The SMILES string of the molecule is COc1cc(Br)cc(Br)c1NC(C)=S. The molecule has 0 radical (unpaired) electrons. The Morgan fingerprint density at radius 3 is 2.57 bits per heavy atom. The molecule has 1 rings (SSSR count). The van der Waals surface area contributed by atoms with Gasteiger partial charge >= 0.3 is 0 Å². The van der Waals surface area contributed by atoms with Crippen LogP contribution in [0.25, 0.3) is 0 Å². The Labute approximate surface area is 105 Å². The Morgan fingerprint density at radius 1 is 1.43 bits per heavy atom. The summed E-state index contributed by atoms with van der Waals surface area (Å²) in [6.07, 6.45) is 0. The van der Waals surface area contributed by atoms with E-state index in [0.29, 0.717) is 4.99 Å². The molecule has 0 aliphatic carbocycles. The van der Waals surface area contributed by atoms with E-state index in [-0.39, 0.29) is 0 Å². The molecular weight excluding hydrogens is 330 g/mol. The van der Waals surface area contributed by atoms with Crippen LogP contribution in [0, 0.1) is 0 Å². The van der Waals surface area contributed by atoms with Crippen LogP contribution in [0.4, 0.5) is 5.69 Å². The number of nitrogens with one attached hydrogen (secondary N) is 1. The first-order valence-corrected chi connectivity index (χ1v) is 5.84. The molecule has 0 saturated heterocycles. The van der Waals surface area contributed by atoms with Crippen molar-refractivity contribution in [1.29, 1.82) is 0 Å². The number of ether oxygens (including phenoxy) is 1. The van der Waals surface area contributed by atoms with Crippen LogP contribution in [0.2, 0.25) is 0 Å².